The van der Waals surface area contributed by atoms with Gasteiger partial charge in [-0.25, -0.2) is 24.0 Å². The Morgan fingerprint density at radius 3 is 2.58 bits per heavy atom. The number of amides is 3. The van der Waals surface area contributed by atoms with E-state index in [2.05, 4.69) is 26.1 Å². The molecule has 10 nitrogen and oxygen atoms in total. The number of ether oxygens (including phenoxy) is 1. The Hall–Kier alpha value is -3.31. The van der Waals surface area contributed by atoms with Crippen molar-refractivity contribution in [3.05, 3.63) is 23.4 Å². The zero-order chi connectivity index (χ0) is 26.0. The molecule has 36 heavy (non-hydrogen) atoms. The fourth-order valence-electron chi connectivity index (χ4n) is 5.26. The van der Waals surface area contributed by atoms with Gasteiger partial charge in [-0.15, -0.1) is 0 Å². The lowest BCUT2D eigenvalue weighted by Crippen LogP contribution is -2.53. The van der Waals surface area contributed by atoms with Gasteiger partial charge in [0, 0.05) is 37.9 Å². The summed E-state index contributed by atoms with van der Waals surface area (Å²) in [5.41, 5.74) is 3.73. The summed E-state index contributed by atoms with van der Waals surface area (Å²) in [7, 11) is 1.41. The molecule has 1 atom stereocenters. The average Bonchev–Trinajstić information content (AvgIpc) is 2.79. The number of aryl methyl sites for hydroxylation is 1. The summed E-state index contributed by atoms with van der Waals surface area (Å²) >= 11 is 0. The van der Waals surface area contributed by atoms with E-state index >= 15 is 0 Å². The fraction of sp³-hybridized carbons (Fsp3) is 0.625. The van der Waals surface area contributed by atoms with Gasteiger partial charge in [0.2, 0.25) is 6.43 Å². The van der Waals surface area contributed by atoms with Gasteiger partial charge in [-0.3, -0.25) is 9.59 Å². The molecule has 0 unspecified atom stereocenters. The molecule has 1 spiro atoms. The number of carbonyl (C=O) groups excluding carboxylic acids is 3. The highest BCUT2D eigenvalue weighted by atomic mass is 19.3. The molecule has 0 radical (unpaired) electrons. The third-order valence-electron chi connectivity index (χ3n) is 7.33. The molecule has 4 rings (SSSR count). The molecule has 12 heteroatoms. The van der Waals surface area contributed by atoms with Crippen molar-refractivity contribution in [1.29, 1.82) is 0 Å². The van der Waals surface area contributed by atoms with E-state index in [1.807, 2.05) is 24.8 Å². The van der Waals surface area contributed by atoms with E-state index in [4.69, 9.17) is 4.74 Å². The highest BCUT2D eigenvalue weighted by Crippen LogP contribution is 2.41. The first-order valence-corrected chi connectivity index (χ1v) is 12.2. The quantitative estimate of drug-likeness (QED) is 0.508. The zero-order valence-corrected chi connectivity index (χ0v) is 20.6. The molecule has 1 aromatic rings. The molecule has 1 saturated heterocycles. The van der Waals surface area contributed by atoms with E-state index in [0.717, 1.165) is 24.0 Å². The smallest absolute Gasteiger partial charge is 0.428 e. The lowest BCUT2D eigenvalue weighted by Gasteiger charge is -2.43. The molecule has 3 amide bonds. The molecule has 3 N–H and O–H groups in total. The number of hydrogen-bond donors (Lipinski definition) is 3. The van der Waals surface area contributed by atoms with Gasteiger partial charge < -0.3 is 20.3 Å². The van der Waals surface area contributed by atoms with Gasteiger partial charge in [0.1, 0.15) is 11.5 Å². The maximum Gasteiger partial charge on any atom is 0.428 e. The SMILES string of the molecule is CNC(=O)C(=O)N[C@@H](C)CC1CCC2(CC1)OC(=O)NN=C2c1cnc(N2CC(C(F)F)C2)cc1C. The van der Waals surface area contributed by atoms with Crippen molar-refractivity contribution in [1.82, 2.24) is 21.0 Å². The molecule has 3 aliphatic rings. The molecule has 2 fully saturated rings. The van der Waals surface area contributed by atoms with Crippen molar-refractivity contribution in [3.8, 4) is 0 Å². The number of pyridine rings is 1. The molecule has 2 aliphatic heterocycles. The van der Waals surface area contributed by atoms with E-state index < -0.39 is 35.9 Å². The first-order chi connectivity index (χ1) is 17.1. The Morgan fingerprint density at radius 1 is 1.28 bits per heavy atom. The average molecular weight is 507 g/mol. The predicted octanol–water partition coefficient (Wildman–Crippen LogP) is 2.11. The summed E-state index contributed by atoms with van der Waals surface area (Å²) in [5, 5.41) is 9.37. The maximum atomic E-state index is 12.8. The summed E-state index contributed by atoms with van der Waals surface area (Å²) in [6, 6.07) is 1.68. The van der Waals surface area contributed by atoms with Crippen LogP contribution in [0.2, 0.25) is 0 Å². The second kappa shape index (κ2) is 10.4. The second-order valence-corrected chi connectivity index (χ2v) is 9.95. The van der Waals surface area contributed by atoms with Crippen molar-refractivity contribution in [2.24, 2.45) is 16.9 Å². The predicted molar refractivity (Wildman–Crippen MR) is 128 cm³/mol. The Kier molecular flexibility index (Phi) is 7.41. The molecule has 3 heterocycles. The monoisotopic (exact) mass is 506 g/mol. The number of nitrogens with one attached hydrogen (secondary N) is 3. The minimum atomic E-state index is -2.33. The molecular formula is C24H32F2N6O4. The van der Waals surface area contributed by atoms with Gasteiger partial charge in [-0.05, 0) is 63.5 Å². The largest absolute Gasteiger partial charge is 0.435 e. The van der Waals surface area contributed by atoms with Crippen LogP contribution < -0.4 is 21.0 Å². The maximum absolute atomic E-state index is 12.8. The molecule has 196 valence electrons. The summed E-state index contributed by atoms with van der Waals surface area (Å²) in [4.78, 5) is 41.7. The van der Waals surface area contributed by atoms with Crippen LogP contribution in [0.4, 0.5) is 19.4 Å². The van der Waals surface area contributed by atoms with Crippen molar-refractivity contribution < 1.29 is 27.9 Å². The highest BCUT2D eigenvalue weighted by molar-refractivity contribution is 6.35. The van der Waals surface area contributed by atoms with Crippen LogP contribution in [0.3, 0.4) is 0 Å². The number of aromatic nitrogens is 1. The molecule has 1 saturated carbocycles. The Labute approximate surface area is 208 Å². The van der Waals surface area contributed by atoms with Gasteiger partial charge in [-0.1, -0.05) is 0 Å². The van der Waals surface area contributed by atoms with Gasteiger partial charge in [-0.2, -0.15) is 5.10 Å². The molecule has 1 aliphatic carbocycles. The van der Waals surface area contributed by atoms with Gasteiger partial charge in [0.25, 0.3) is 0 Å². The summed E-state index contributed by atoms with van der Waals surface area (Å²) in [5.74, 6) is -1.05. The first-order valence-electron chi connectivity index (χ1n) is 12.2. The zero-order valence-electron chi connectivity index (χ0n) is 20.6. The van der Waals surface area contributed by atoms with Crippen molar-refractivity contribution >= 4 is 29.4 Å². The topological polar surface area (TPSA) is 125 Å². The molecule has 0 aromatic carbocycles. The number of nitrogens with zero attached hydrogens (tertiary/aromatic N) is 3. The molecule has 0 bridgehead atoms. The van der Waals surface area contributed by atoms with Crippen molar-refractivity contribution in [3.63, 3.8) is 0 Å². The number of likely N-dealkylation sites (N-methyl/N-ethyl adjacent to an activating group) is 1. The van der Waals surface area contributed by atoms with Crippen molar-refractivity contribution in [2.45, 2.75) is 64.0 Å². The summed E-state index contributed by atoms with van der Waals surface area (Å²) < 4.78 is 31.5. The van der Waals surface area contributed by atoms with Crippen LogP contribution in [0, 0.1) is 18.8 Å². The minimum absolute atomic E-state index is 0.178. The third kappa shape index (κ3) is 5.26. The normalized spacial score (nSPS) is 24.9. The van der Waals surface area contributed by atoms with Crippen LogP contribution in [-0.4, -0.2) is 66.8 Å². The van der Waals surface area contributed by atoms with E-state index in [1.54, 1.807) is 6.20 Å². The Morgan fingerprint density at radius 2 is 1.97 bits per heavy atom. The standard InChI is InChI=1S/C24H32F2N6O4/c1-13-8-18(32-11-16(12-32)20(25)26)28-10-17(13)19-24(36-23(35)31-30-19)6-4-15(5-7-24)9-14(2)29-22(34)21(33)27-3/h8,10,14-16,20H,4-7,9,11-12H2,1-3H3,(H,27,33)(H,29,34)(H,31,35)/t14-,15?,24?/m0/s1. The van der Waals surface area contributed by atoms with Crippen LogP contribution >= 0.6 is 0 Å². The van der Waals surface area contributed by atoms with E-state index in [1.165, 1.54) is 7.05 Å². The van der Waals surface area contributed by atoms with Crippen LogP contribution in [-0.2, 0) is 14.3 Å². The number of alkyl halides is 2. The number of hydrogen-bond acceptors (Lipinski definition) is 7. The second-order valence-electron chi connectivity index (χ2n) is 9.95. The number of anilines is 1. The van der Waals surface area contributed by atoms with Crippen LogP contribution in [0.15, 0.2) is 17.4 Å². The van der Waals surface area contributed by atoms with Crippen LogP contribution in [0.25, 0.3) is 0 Å². The van der Waals surface area contributed by atoms with Crippen LogP contribution in [0.1, 0.15) is 50.2 Å². The van der Waals surface area contributed by atoms with Crippen molar-refractivity contribution in [2.75, 3.05) is 25.0 Å². The fourth-order valence-corrected chi connectivity index (χ4v) is 5.26. The molecular weight excluding hydrogens is 474 g/mol. The number of halogens is 2. The van der Waals surface area contributed by atoms with E-state index in [0.29, 0.717) is 30.8 Å². The summed E-state index contributed by atoms with van der Waals surface area (Å²) in [6.07, 6.45) is 2.05. The van der Waals surface area contributed by atoms with Gasteiger partial charge >= 0.3 is 17.9 Å². The van der Waals surface area contributed by atoms with E-state index in [9.17, 15) is 23.2 Å². The number of carbonyl (C=O) groups is 3. The lowest BCUT2D eigenvalue weighted by molar-refractivity contribution is -0.139. The summed E-state index contributed by atoms with van der Waals surface area (Å²) in [6.45, 7) is 4.31. The number of rotatable bonds is 6. The van der Waals surface area contributed by atoms with Crippen LogP contribution in [0.5, 0.6) is 0 Å². The third-order valence-corrected chi connectivity index (χ3v) is 7.33. The minimum Gasteiger partial charge on any atom is -0.435 e. The van der Waals surface area contributed by atoms with Gasteiger partial charge in [0.15, 0.2) is 5.60 Å². The number of hydrazone groups is 1. The van der Waals surface area contributed by atoms with E-state index in [-0.39, 0.29) is 25.0 Å². The van der Waals surface area contributed by atoms with Gasteiger partial charge in [0.05, 0.1) is 5.92 Å². The highest BCUT2D eigenvalue weighted by Gasteiger charge is 2.47. The Balaban J connectivity index is 1.43. The Bertz CT molecular complexity index is 1050. The lowest BCUT2D eigenvalue weighted by atomic mass is 9.72. The first kappa shape index (κ1) is 25.8. The molecule has 1 aromatic heterocycles.